The maximum absolute atomic E-state index is 11.6. The summed E-state index contributed by atoms with van der Waals surface area (Å²) in [5, 5.41) is 5.74. The molecular formula is C25H28N4O3S. The van der Waals surface area contributed by atoms with Crippen molar-refractivity contribution in [1.29, 1.82) is 0 Å². The Bertz CT molecular complexity index is 1380. The summed E-state index contributed by atoms with van der Waals surface area (Å²) in [6.07, 6.45) is 0.820. The third-order valence-electron chi connectivity index (χ3n) is 6.03. The van der Waals surface area contributed by atoms with Gasteiger partial charge in [-0.05, 0) is 43.7 Å². The van der Waals surface area contributed by atoms with Crippen LogP contribution in [0.25, 0.3) is 21.8 Å². The number of hydrogen-bond acceptors (Lipinski definition) is 6. The van der Waals surface area contributed by atoms with Crippen molar-refractivity contribution in [3.63, 3.8) is 0 Å². The molecule has 33 heavy (non-hydrogen) atoms. The number of aryl methyl sites for hydroxylation is 1. The Morgan fingerprint density at radius 1 is 1.09 bits per heavy atom. The lowest BCUT2D eigenvalue weighted by Gasteiger charge is -2.26. The molecule has 3 heterocycles. The number of fused-ring (bicyclic) bond motifs is 2. The average molecular weight is 465 g/mol. The molecule has 1 aliphatic heterocycles. The summed E-state index contributed by atoms with van der Waals surface area (Å²) in [7, 11) is -2.84. The van der Waals surface area contributed by atoms with E-state index >= 15 is 0 Å². The highest BCUT2D eigenvalue weighted by atomic mass is 32.2. The lowest BCUT2D eigenvalue weighted by Crippen LogP contribution is -2.40. The average Bonchev–Trinajstić information content (AvgIpc) is 3.17. The number of ether oxygens (including phenoxy) is 1. The summed E-state index contributed by atoms with van der Waals surface area (Å²) in [5.74, 6) is 1.09. The normalized spacial score (nSPS) is 16.3. The van der Waals surface area contributed by atoms with Gasteiger partial charge in [-0.25, -0.2) is 13.4 Å². The molecule has 4 aromatic rings. The van der Waals surface area contributed by atoms with E-state index < -0.39 is 9.84 Å². The Morgan fingerprint density at radius 2 is 1.91 bits per heavy atom. The maximum atomic E-state index is 11.6. The number of benzene rings is 2. The number of nitrogens with one attached hydrogen (secondary N) is 2. The summed E-state index contributed by atoms with van der Waals surface area (Å²) in [5.41, 5.74) is 5.08. The first-order valence-electron chi connectivity index (χ1n) is 11.3. The molecule has 0 radical (unpaired) electrons. The van der Waals surface area contributed by atoms with Gasteiger partial charge in [0.25, 0.3) is 0 Å². The summed E-state index contributed by atoms with van der Waals surface area (Å²) < 4.78 is 29.2. The van der Waals surface area contributed by atoms with E-state index in [1.165, 1.54) is 0 Å². The largest absolute Gasteiger partial charge is 0.478 e. The smallest absolute Gasteiger partial charge is 0.215 e. The molecule has 1 aliphatic rings. The Hall–Kier alpha value is -3.10. The molecule has 172 valence electrons. The van der Waals surface area contributed by atoms with Gasteiger partial charge in [-0.15, -0.1) is 0 Å². The van der Waals surface area contributed by atoms with E-state index in [0.717, 1.165) is 51.8 Å². The third kappa shape index (κ3) is 5.12. The zero-order valence-corrected chi connectivity index (χ0v) is 19.5. The van der Waals surface area contributed by atoms with Crippen molar-refractivity contribution in [2.75, 3.05) is 43.1 Å². The van der Waals surface area contributed by atoms with Gasteiger partial charge in [0.1, 0.15) is 0 Å². The number of aromatic nitrogens is 2. The molecule has 0 unspecified atom stereocenters. The summed E-state index contributed by atoms with van der Waals surface area (Å²) in [4.78, 5) is 10.2. The van der Waals surface area contributed by atoms with Crippen molar-refractivity contribution in [2.45, 2.75) is 13.3 Å². The number of nitrogens with zero attached hydrogens (tertiary/aromatic N) is 2. The minimum Gasteiger partial charge on any atom is -0.478 e. The van der Waals surface area contributed by atoms with E-state index in [9.17, 15) is 8.42 Å². The second-order valence-corrected chi connectivity index (χ2v) is 10.9. The first-order chi connectivity index (χ1) is 15.9. The van der Waals surface area contributed by atoms with E-state index in [1.54, 1.807) is 0 Å². The number of hydrogen-bond donors (Lipinski definition) is 2. The van der Waals surface area contributed by atoms with E-state index in [2.05, 4.69) is 57.4 Å². The SMILES string of the molecule is Cc1cc2cc(Nc3cc(OCCCN4CCS(=O)(=O)CC4)nc4ccccc34)ccc2[nH]1. The molecule has 0 aliphatic carbocycles. The van der Waals surface area contributed by atoms with Crippen molar-refractivity contribution in [1.82, 2.24) is 14.9 Å². The number of para-hydroxylation sites is 1. The molecule has 0 amide bonds. The molecule has 5 rings (SSSR count). The van der Waals surface area contributed by atoms with Crippen LogP contribution < -0.4 is 10.1 Å². The van der Waals surface area contributed by atoms with Gasteiger partial charge in [0, 0.05) is 53.4 Å². The van der Waals surface area contributed by atoms with Gasteiger partial charge in [0.2, 0.25) is 5.88 Å². The van der Waals surface area contributed by atoms with Crippen LogP contribution in [0.15, 0.2) is 54.6 Å². The molecule has 7 nitrogen and oxygen atoms in total. The van der Waals surface area contributed by atoms with Crippen LogP contribution in [0.4, 0.5) is 11.4 Å². The molecular weight excluding hydrogens is 436 g/mol. The minimum absolute atomic E-state index is 0.253. The molecule has 8 heteroatoms. The van der Waals surface area contributed by atoms with Crippen LogP contribution in [0.2, 0.25) is 0 Å². The Balaban J connectivity index is 1.28. The van der Waals surface area contributed by atoms with Gasteiger partial charge in [-0.3, -0.25) is 0 Å². The molecule has 1 saturated heterocycles. The highest BCUT2D eigenvalue weighted by Gasteiger charge is 2.20. The van der Waals surface area contributed by atoms with Crippen molar-refractivity contribution >= 4 is 43.0 Å². The fraction of sp³-hybridized carbons (Fsp3) is 0.320. The predicted molar refractivity (Wildman–Crippen MR) is 133 cm³/mol. The maximum Gasteiger partial charge on any atom is 0.215 e. The summed E-state index contributed by atoms with van der Waals surface area (Å²) in [6.45, 7) is 4.62. The number of H-pyrrole nitrogens is 1. The summed E-state index contributed by atoms with van der Waals surface area (Å²) >= 11 is 0. The van der Waals surface area contributed by atoms with Gasteiger partial charge >= 0.3 is 0 Å². The predicted octanol–water partition coefficient (Wildman–Crippen LogP) is 4.27. The molecule has 2 aromatic carbocycles. The number of pyridine rings is 1. The van der Waals surface area contributed by atoms with Crippen LogP contribution in [0.5, 0.6) is 5.88 Å². The number of aromatic amines is 1. The number of anilines is 2. The standard InChI is InChI=1S/C25H28N4O3S/c1-18-15-19-16-20(7-8-22(19)26-18)27-24-17-25(28-23-6-3-2-5-21(23)24)32-12-4-9-29-10-13-33(30,31)14-11-29/h2-3,5-8,15-17,26H,4,9-14H2,1H3,(H,27,28). The third-order valence-corrected chi connectivity index (χ3v) is 7.64. The minimum atomic E-state index is -2.84. The zero-order chi connectivity index (χ0) is 22.8. The Labute approximate surface area is 193 Å². The van der Waals surface area contributed by atoms with Gasteiger partial charge in [0.05, 0.1) is 29.3 Å². The lowest BCUT2D eigenvalue weighted by atomic mass is 10.1. The number of rotatable bonds is 7. The highest BCUT2D eigenvalue weighted by molar-refractivity contribution is 7.91. The molecule has 2 aromatic heterocycles. The molecule has 0 bridgehead atoms. The van der Waals surface area contributed by atoms with Crippen LogP contribution in [0.1, 0.15) is 12.1 Å². The van der Waals surface area contributed by atoms with E-state index in [0.29, 0.717) is 25.6 Å². The monoisotopic (exact) mass is 464 g/mol. The van der Waals surface area contributed by atoms with Gasteiger partial charge in [0.15, 0.2) is 9.84 Å². The quantitative estimate of drug-likeness (QED) is 0.397. The van der Waals surface area contributed by atoms with Crippen LogP contribution in [0.3, 0.4) is 0 Å². The highest BCUT2D eigenvalue weighted by Crippen LogP contribution is 2.30. The molecule has 0 saturated carbocycles. The Morgan fingerprint density at radius 3 is 2.76 bits per heavy atom. The molecule has 0 atom stereocenters. The first kappa shape index (κ1) is 21.7. The van der Waals surface area contributed by atoms with Crippen LogP contribution in [0, 0.1) is 6.92 Å². The lowest BCUT2D eigenvalue weighted by molar-refractivity contribution is 0.242. The van der Waals surface area contributed by atoms with Crippen LogP contribution in [-0.2, 0) is 9.84 Å². The first-order valence-corrected chi connectivity index (χ1v) is 13.1. The zero-order valence-electron chi connectivity index (χ0n) is 18.7. The van der Waals surface area contributed by atoms with E-state index in [1.807, 2.05) is 24.3 Å². The van der Waals surface area contributed by atoms with E-state index in [-0.39, 0.29) is 11.5 Å². The van der Waals surface area contributed by atoms with E-state index in [4.69, 9.17) is 4.74 Å². The van der Waals surface area contributed by atoms with Gasteiger partial charge in [-0.2, -0.15) is 0 Å². The van der Waals surface area contributed by atoms with Crippen molar-refractivity contribution in [2.24, 2.45) is 0 Å². The molecule has 0 spiro atoms. The van der Waals surface area contributed by atoms with Crippen LogP contribution >= 0.6 is 0 Å². The second kappa shape index (κ2) is 9.03. The second-order valence-electron chi connectivity index (χ2n) is 8.60. The summed E-state index contributed by atoms with van der Waals surface area (Å²) in [6, 6.07) is 18.4. The van der Waals surface area contributed by atoms with Crippen molar-refractivity contribution < 1.29 is 13.2 Å². The topological polar surface area (TPSA) is 87.3 Å². The molecule has 2 N–H and O–H groups in total. The van der Waals surface area contributed by atoms with Gasteiger partial charge in [-0.1, -0.05) is 18.2 Å². The fourth-order valence-electron chi connectivity index (χ4n) is 4.28. The van der Waals surface area contributed by atoms with Crippen molar-refractivity contribution in [3.05, 3.63) is 60.3 Å². The molecule has 1 fully saturated rings. The van der Waals surface area contributed by atoms with Crippen molar-refractivity contribution in [3.8, 4) is 5.88 Å². The fourth-order valence-corrected chi connectivity index (χ4v) is 5.56. The number of sulfone groups is 1. The Kier molecular flexibility index (Phi) is 5.95. The van der Waals surface area contributed by atoms with Gasteiger partial charge < -0.3 is 19.9 Å². The van der Waals surface area contributed by atoms with Crippen LogP contribution in [-0.4, -0.2) is 61.0 Å².